The number of benzene rings is 2. The maximum absolute atomic E-state index is 13.8. The standard InChI is InChI=1S/C41H42FNO8.C25H31NO7/c1-22-8-13-27(23(2)17-22)38-47-21-40(4)30-19-32(49-36(45)24-9-11-26(42)12-10-24)41(5)35(39(30,3)15-14-31(40)50-38)34(44)33-29(51-41)18-28(48-37(33)46)25-7-6-16-43-20-25;1-23-7-6-17(28)24(2,12-27)16(23)10-18(29)25(3)21(23)20(30)19-15(33-25)9-14(32-22(19)31)13-5-4-8-26-11-13/h6-13,16-18,20,30-32,34-35,38,44H,14-15,19,21H2,1-5H3;4-5,8-9,11,16-18,20-21,27-30H,6-7,10,12H2,1-3H3/t30?,31-,32-,34-,35?,38+,39-,40-,41+;16?,17-,18-,20-,21?,23-,24-,25+/m00/s1. The molecule has 0 amide bonds. The first kappa shape index (κ1) is 57.8. The van der Waals surface area contributed by atoms with Gasteiger partial charge in [-0.1, -0.05) is 51.5 Å². The van der Waals surface area contributed by atoms with Gasteiger partial charge in [0.2, 0.25) is 0 Å². The number of ether oxygens (including phenoxy) is 5. The Morgan fingerprint density at radius 3 is 1.83 bits per heavy atom. The summed E-state index contributed by atoms with van der Waals surface area (Å²) in [6, 6.07) is 21.6. The van der Waals surface area contributed by atoms with E-state index in [-0.39, 0.29) is 64.3 Å². The van der Waals surface area contributed by atoms with Crippen LogP contribution in [0.4, 0.5) is 4.39 Å². The normalized spacial score (nSPS) is 37.0. The van der Waals surface area contributed by atoms with Gasteiger partial charge in [0, 0.05) is 76.3 Å². The van der Waals surface area contributed by atoms with Crippen LogP contribution >= 0.6 is 0 Å². The summed E-state index contributed by atoms with van der Waals surface area (Å²) in [5, 5.41) is 56.3. The molecule has 0 spiro atoms. The number of carbonyl (C=O) groups is 1. The van der Waals surface area contributed by atoms with Crippen molar-refractivity contribution in [2.24, 2.45) is 45.3 Å². The second kappa shape index (κ2) is 20.8. The maximum atomic E-state index is 13.8. The summed E-state index contributed by atoms with van der Waals surface area (Å²) in [6.45, 7) is 16.0. The van der Waals surface area contributed by atoms with Gasteiger partial charge in [-0.05, 0) is 143 Å². The fourth-order valence-corrected chi connectivity index (χ4v) is 17.0. The summed E-state index contributed by atoms with van der Waals surface area (Å²) < 4.78 is 58.0. The zero-order chi connectivity index (χ0) is 59.6. The van der Waals surface area contributed by atoms with Crippen LogP contribution in [0.3, 0.4) is 0 Å². The Kier molecular flexibility index (Phi) is 14.3. The van der Waals surface area contributed by atoms with Crippen LogP contribution < -0.4 is 20.7 Å². The monoisotopic (exact) mass is 1150 g/mol. The molecule has 13 rings (SSSR count). The predicted molar refractivity (Wildman–Crippen MR) is 303 cm³/mol. The van der Waals surface area contributed by atoms with Crippen LogP contribution in [0.2, 0.25) is 0 Å². The fraction of sp³-hybridized carbons (Fsp3) is 0.500. The van der Waals surface area contributed by atoms with Crippen molar-refractivity contribution < 1.29 is 67.2 Å². The summed E-state index contributed by atoms with van der Waals surface area (Å²) in [4.78, 5) is 48.7. The molecule has 6 aromatic rings. The lowest BCUT2D eigenvalue weighted by molar-refractivity contribution is -0.330. The van der Waals surface area contributed by atoms with Crippen molar-refractivity contribution in [2.45, 2.75) is 148 Å². The van der Waals surface area contributed by atoms with Crippen LogP contribution in [-0.2, 0) is 14.2 Å². The number of fused-ring (bicyclic) bond motifs is 10. The van der Waals surface area contributed by atoms with Crippen molar-refractivity contribution in [1.29, 1.82) is 0 Å². The number of pyridine rings is 2. The predicted octanol–water partition coefficient (Wildman–Crippen LogP) is 9.47. The number of halogens is 1. The Labute approximate surface area is 485 Å². The number of nitrogens with zero attached hydrogens (tertiary/aromatic N) is 2. The zero-order valence-electron chi connectivity index (χ0n) is 48.4. The molecule has 0 bridgehead atoms. The molecule has 4 aliphatic carbocycles. The molecule has 7 heterocycles. The summed E-state index contributed by atoms with van der Waals surface area (Å²) in [6.07, 6.45) is 3.59. The molecule has 3 aliphatic heterocycles. The van der Waals surface area contributed by atoms with E-state index >= 15 is 0 Å². The molecule has 1 saturated heterocycles. The largest absolute Gasteiger partial charge is 0.484 e. The van der Waals surface area contributed by atoms with Gasteiger partial charge in [0.25, 0.3) is 0 Å². The van der Waals surface area contributed by atoms with E-state index in [9.17, 15) is 44.3 Å². The highest BCUT2D eigenvalue weighted by atomic mass is 19.1. The second-order valence-electron chi connectivity index (χ2n) is 26.1. The topological polar surface area (TPSA) is 251 Å². The van der Waals surface area contributed by atoms with E-state index in [4.69, 9.17) is 32.5 Å². The van der Waals surface area contributed by atoms with Gasteiger partial charge in [-0.3, -0.25) is 9.97 Å². The first-order valence-electron chi connectivity index (χ1n) is 29.1. The maximum Gasteiger partial charge on any atom is 0.345 e. The van der Waals surface area contributed by atoms with Gasteiger partial charge in [0.15, 0.2) is 6.29 Å². The van der Waals surface area contributed by atoms with Crippen LogP contribution in [0.15, 0.2) is 122 Å². The summed E-state index contributed by atoms with van der Waals surface area (Å²) in [5.74, 6) is -2.04. The molecule has 17 nitrogen and oxygen atoms in total. The summed E-state index contributed by atoms with van der Waals surface area (Å²) in [5.41, 5.74) is -1.75. The molecular formula is C66H73FN2O15. The van der Waals surface area contributed by atoms with Gasteiger partial charge >= 0.3 is 17.2 Å². The van der Waals surface area contributed by atoms with Gasteiger partial charge < -0.3 is 58.1 Å². The van der Waals surface area contributed by atoms with Gasteiger partial charge in [0.1, 0.15) is 57.3 Å². The highest BCUT2D eigenvalue weighted by Crippen LogP contribution is 2.70. The minimum atomic E-state index is -1.30. The van der Waals surface area contributed by atoms with Crippen molar-refractivity contribution in [3.8, 4) is 34.1 Å². The Bertz CT molecular complexity index is 3620. The molecule has 444 valence electrons. The average molecular weight is 1150 g/mol. The highest BCUT2D eigenvalue weighted by molar-refractivity contribution is 5.89. The van der Waals surface area contributed by atoms with Gasteiger partial charge in [-0.25, -0.2) is 18.8 Å². The smallest absolute Gasteiger partial charge is 0.345 e. The number of hydrogen-bond donors (Lipinski definition) is 5. The zero-order valence-corrected chi connectivity index (χ0v) is 48.4. The number of aliphatic hydroxyl groups excluding tert-OH is 5. The molecule has 17 atom stereocenters. The molecule has 7 aliphatic rings. The lowest BCUT2D eigenvalue weighted by atomic mass is 9.42. The minimum Gasteiger partial charge on any atom is -0.484 e. The molecular weight excluding hydrogens is 1080 g/mol. The molecule has 18 heteroatoms. The number of aromatic nitrogens is 2. The van der Waals surface area contributed by atoms with Gasteiger partial charge in [-0.2, -0.15) is 0 Å². The molecule has 2 aromatic carbocycles. The molecule has 4 unspecified atom stereocenters. The van der Waals surface area contributed by atoms with E-state index in [0.717, 1.165) is 16.7 Å². The number of hydrogen-bond acceptors (Lipinski definition) is 17. The second-order valence-corrected chi connectivity index (χ2v) is 26.1. The van der Waals surface area contributed by atoms with E-state index in [1.165, 1.54) is 24.3 Å². The lowest BCUT2D eigenvalue weighted by Crippen LogP contribution is -2.72. The van der Waals surface area contributed by atoms with Crippen molar-refractivity contribution in [1.82, 2.24) is 9.97 Å². The number of carbonyl (C=O) groups excluding carboxylic acids is 1. The Morgan fingerprint density at radius 1 is 0.690 bits per heavy atom. The molecule has 5 N–H and O–H groups in total. The van der Waals surface area contributed by atoms with Crippen LogP contribution in [0.1, 0.15) is 137 Å². The SMILES string of the molecule is C[C@]12CC[C@H](O)[C@@](C)(CO)C1C[C@H](O)[C@@]1(C)Oc3cc(-c4cccnc4)oc(=O)c3[C@H](O)C21.Cc1ccc([C@@H]2OC[C@@]3(C)C4C[C@H](OC(=O)c5ccc(F)cc5)[C@@]5(C)Oc6cc(-c7cccnc7)oc(=O)c6[C@H](O)C5[C@@]4(C)CC[C@@H]3O2)c(C)c1. The van der Waals surface area contributed by atoms with E-state index < -0.39 is 105 Å². The molecule has 4 aromatic heterocycles. The van der Waals surface area contributed by atoms with Crippen molar-refractivity contribution in [3.05, 3.63) is 164 Å². The third-order valence-electron chi connectivity index (χ3n) is 21.3. The Balaban J connectivity index is 0.000000181. The fourth-order valence-electron chi connectivity index (χ4n) is 17.0. The van der Waals surface area contributed by atoms with E-state index in [1.54, 1.807) is 68.1 Å². The first-order chi connectivity index (χ1) is 39.9. The number of aryl methyl sites for hydroxylation is 2. The summed E-state index contributed by atoms with van der Waals surface area (Å²) >= 11 is 0. The van der Waals surface area contributed by atoms with E-state index in [2.05, 4.69) is 55.9 Å². The Hall–Kier alpha value is -6.64. The van der Waals surface area contributed by atoms with E-state index in [0.29, 0.717) is 56.3 Å². The van der Waals surface area contributed by atoms with Crippen LogP contribution in [-0.4, -0.2) is 90.3 Å². The third kappa shape index (κ3) is 8.98. The number of esters is 1. The van der Waals surface area contributed by atoms with Gasteiger partial charge in [-0.15, -0.1) is 0 Å². The van der Waals surface area contributed by atoms with Crippen molar-refractivity contribution in [2.75, 3.05) is 13.2 Å². The lowest BCUT2D eigenvalue weighted by Gasteiger charge is -2.67. The average Bonchev–Trinajstić information content (AvgIpc) is 0.765. The Morgan fingerprint density at radius 2 is 1.26 bits per heavy atom. The van der Waals surface area contributed by atoms with Crippen LogP contribution in [0.25, 0.3) is 22.6 Å². The molecule has 84 heavy (non-hydrogen) atoms. The van der Waals surface area contributed by atoms with Crippen molar-refractivity contribution in [3.63, 3.8) is 0 Å². The van der Waals surface area contributed by atoms with Crippen LogP contribution in [0.5, 0.6) is 11.5 Å². The minimum absolute atomic E-state index is 0.0360. The number of rotatable bonds is 6. The first-order valence-corrected chi connectivity index (χ1v) is 29.1. The van der Waals surface area contributed by atoms with Crippen LogP contribution in [0, 0.1) is 65.0 Å². The highest BCUT2D eigenvalue weighted by Gasteiger charge is 2.72. The number of aliphatic hydroxyl groups is 5. The quantitative estimate of drug-likeness (QED) is 0.0974. The molecule has 4 saturated carbocycles. The van der Waals surface area contributed by atoms with E-state index in [1.807, 2.05) is 20.8 Å². The molecule has 0 radical (unpaired) electrons. The van der Waals surface area contributed by atoms with Crippen molar-refractivity contribution >= 4 is 5.97 Å². The molecule has 5 fully saturated rings. The van der Waals surface area contributed by atoms with Gasteiger partial charge in [0.05, 0.1) is 49.3 Å². The summed E-state index contributed by atoms with van der Waals surface area (Å²) in [7, 11) is 0. The third-order valence-corrected chi connectivity index (χ3v) is 21.3.